The van der Waals surface area contributed by atoms with Crippen LogP contribution in [0.3, 0.4) is 0 Å². The summed E-state index contributed by atoms with van der Waals surface area (Å²) in [5.74, 6) is -0.473. The Morgan fingerprint density at radius 2 is 2.00 bits per heavy atom. The maximum Gasteiger partial charge on any atom is 0.325 e. The number of ether oxygens (including phenoxy) is 1. The van der Waals surface area contributed by atoms with Crippen LogP contribution in [0.4, 0.5) is 0 Å². The molecule has 0 fully saturated rings. The summed E-state index contributed by atoms with van der Waals surface area (Å²) in [5.41, 5.74) is 0.681. The summed E-state index contributed by atoms with van der Waals surface area (Å²) in [7, 11) is 0. The van der Waals surface area contributed by atoms with Crippen molar-refractivity contribution in [2.24, 2.45) is 0 Å². The molecule has 1 amide bonds. The Morgan fingerprint density at radius 1 is 1.37 bits per heavy atom. The number of nitrogens with zero attached hydrogens (tertiary/aromatic N) is 1. The Labute approximate surface area is 118 Å². The molecule has 0 N–H and O–H groups in total. The van der Waals surface area contributed by atoms with Gasteiger partial charge in [0.1, 0.15) is 6.54 Å². The van der Waals surface area contributed by atoms with Gasteiger partial charge in [0.2, 0.25) is 0 Å². The summed E-state index contributed by atoms with van der Waals surface area (Å²) < 4.78 is 4.91. The molecule has 0 aliphatic heterocycles. The Bertz CT molecular complexity index is 465. The number of aryl methyl sites for hydroxylation is 2. The van der Waals surface area contributed by atoms with Gasteiger partial charge in [-0.15, -0.1) is 11.3 Å². The third-order valence-corrected chi connectivity index (χ3v) is 3.73. The highest BCUT2D eigenvalue weighted by molar-refractivity contribution is 7.12. The summed E-state index contributed by atoms with van der Waals surface area (Å²) in [6.07, 6.45) is 0. The number of rotatable bonds is 5. The second kappa shape index (κ2) is 6.70. The first kappa shape index (κ1) is 15.7. The third-order valence-electron chi connectivity index (χ3n) is 2.76. The molecule has 1 rings (SSSR count). The minimum absolute atomic E-state index is 0.00132. The van der Waals surface area contributed by atoms with E-state index in [0.29, 0.717) is 12.2 Å². The zero-order chi connectivity index (χ0) is 14.6. The molecule has 0 aliphatic rings. The molecule has 1 aromatic heterocycles. The van der Waals surface area contributed by atoms with E-state index < -0.39 is 0 Å². The standard InChI is InChI=1S/C14H21NO3S/c1-6-18-13(16)8-15(9(2)3)14(17)12-7-10(4)19-11(12)5/h7,9H,6,8H2,1-5H3. The highest BCUT2D eigenvalue weighted by atomic mass is 32.1. The van der Waals surface area contributed by atoms with Gasteiger partial charge in [0, 0.05) is 15.8 Å². The van der Waals surface area contributed by atoms with Gasteiger partial charge in [-0.2, -0.15) is 0 Å². The van der Waals surface area contributed by atoms with Crippen molar-refractivity contribution < 1.29 is 14.3 Å². The Morgan fingerprint density at radius 3 is 2.42 bits per heavy atom. The second-order valence-electron chi connectivity index (χ2n) is 4.66. The van der Waals surface area contributed by atoms with Crippen molar-refractivity contribution in [2.45, 2.75) is 40.7 Å². The van der Waals surface area contributed by atoms with Crippen molar-refractivity contribution in [1.29, 1.82) is 0 Å². The van der Waals surface area contributed by atoms with Crippen molar-refractivity contribution in [3.63, 3.8) is 0 Å². The Hall–Kier alpha value is -1.36. The van der Waals surface area contributed by atoms with Gasteiger partial charge in [0.25, 0.3) is 5.91 Å². The first-order chi connectivity index (χ1) is 8.86. The van der Waals surface area contributed by atoms with Crippen molar-refractivity contribution >= 4 is 23.2 Å². The van der Waals surface area contributed by atoms with Gasteiger partial charge in [-0.25, -0.2) is 0 Å². The Balaban J connectivity index is 2.90. The Kier molecular flexibility index (Phi) is 5.54. The zero-order valence-corrected chi connectivity index (χ0v) is 13.0. The largest absolute Gasteiger partial charge is 0.465 e. The van der Waals surface area contributed by atoms with E-state index in [9.17, 15) is 9.59 Å². The molecule has 5 heteroatoms. The molecule has 1 aromatic rings. The molecule has 0 spiro atoms. The highest BCUT2D eigenvalue weighted by Crippen LogP contribution is 2.22. The van der Waals surface area contributed by atoms with E-state index in [-0.39, 0.29) is 24.5 Å². The predicted octanol–water partition coefficient (Wildman–Crippen LogP) is 2.78. The van der Waals surface area contributed by atoms with E-state index in [1.807, 2.05) is 33.8 Å². The van der Waals surface area contributed by atoms with Gasteiger partial charge < -0.3 is 9.64 Å². The van der Waals surface area contributed by atoms with Gasteiger partial charge in [-0.05, 0) is 40.7 Å². The molecule has 106 valence electrons. The maximum absolute atomic E-state index is 12.5. The molecule has 0 saturated carbocycles. The van der Waals surface area contributed by atoms with Gasteiger partial charge in [-0.3, -0.25) is 9.59 Å². The molecular weight excluding hydrogens is 262 g/mol. The third kappa shape index (κ3) is 4.06. The fourth-order valence-electron chi connectivity index (χ4n) is 1.83. The minimum atomic E-state index is -0.367. The monoisotopic (exact) mass is 283 g/mol. The lowest BCUT2D eigenvalue weighted by Crippen LogP contribution is -2.41. The molecule has 0 unspecified atom stereocenters. The average molecular weight is 283 g/mol. The molecule has 0 atom stereocenters. The van der Waals surface area contributed by atoms with Crippen LogP contribution in [0, 0.1) is 13.8 Å². The van der Waals surface area contributed by atoms with Gasteiger partial charge in [0.15, 0.2) is 0 Å². The van der Waals surface area contributed by atoms with Gasteiger partial charge >= 0.3 is 5.97 Å². The van der Waals surface area contributed by atoms with Crippen LogP contribution in [-0.2, 0) is 9.53 Å². The first-order valence-electron chi connectivity index (χ1n) is 6.40. The minimum Gasteiger partial charge on any atom is -0.465 e. The SMILES string of the molecule is CCOC(=O)CN(C(=O)c1cc(C)sc1C)C(C)C. The summed E-state index contributed by atoms with van der Waals surface area (Å²) >= 11 is 1.59. The zero-order valence-electron chi connectivity index (χ0n) is 12.1. The summed E-state index contributed by atoms with van der Waals surface area (Å²) in [4.78, 5) is 27.7. The number of esters is 1. The molecule has 0 aliphatic carbocycles. The number of amides is 1. The number of thiophene rings is 1. The molecular formula is C14H21NO3S. The fourth-order valence-corrected chi connectivity index (χ4v) is 2.75. The van der Waals surface area contributed by atoms with E-state index in [2.05, 4.69) is 0 Å². The highest BCUT2D eigenvalue weighted by Gasteiger charge is 2.24. The van der Waals surface area contributed by atoms with Crippen molar-refractivity contribution in [3.8, 4) is 0 Å². The lowest BCUT2D eigenvalue weighted by atomic mass is 10.2. The van der Waals surface area contributed by atoms with Crippen LogP contribution >= 0.6 is 11.3 Å². The van der Waals surface area contributed by atoms with Gasteiger partial charge in [-0.1, -0.05) is 0 Å². The number of carbonyl (C=O) groups is 2. The lowest BCUT2D eigenvalue weighted by Gasteiger charge is -2.25. The van der Waals surface area contributed by atoms with Crippen LogP contribution in [0.5, 0.6) is 0 Å². The molecule has 0 bridgehead atoms. The molecule has 0 radical (unpaired) electrons. The number of carbonyl (C=O) groups excluding carboxylic acids is 2. The smallest absolute Gasteiger partial charge is 0.325 e. The van der Waals surface area contributed by atoms with Crippen molar-refractivity contribution in [3.05, 3.63) is 21.4 Å². The van der Waals surface area contributed by atoms with Crippen LogP contribution in [0.15, 0.2) is 6.07 Å². The lowest BCUT2D eigenvalue weighted by molar-refractivity contribution is -0.144. The summed E-state index contributed by atoms with van der Waals surface area (Å²) in [5, 5.41) is 0. The normalized spacial score (nSPS) is 10.6. The number of hydrogen-bond acceptors (Lipinski definition) is 4. The molecule has 4 nitrogen and oxygen atoms in total. The summed E-state index contributed by atoms with van der Waals surface area (Å²) in [6.45, 7) is 9.77. The van der Waals surface area contributed by atoms with Crippen LogP contribution in [0.1, 0.15) is 40.9 Å². The summed E-state index contributed by atoms with van der Waals surface area (Å²) in [6, 6.07) is 1.83. The van der Waals surface area contributed by atoms with E-state index >= 15 is 0 Å². The van der Waals surface area contributed by atoms with Gasteiger partial charge in [0.05, 0.1) is 12.2 Å². The van der Waals surface area contributed by atoms with Crippen LogP contribution < -0.4 is 0 Å². The topological polar surface area (TPSA) is 46.6 Å². The van der Waals surface area contributed by atoms with E-state index in [0.717, 1.165) is 9.75 Å². The van der Waals surface area contributed by atoms with E-state index in [1.165, 1.54) is 0 Å². The van der Waals surface area contributed by atoms with Crippen molar-refractivity contribution in [1.82, 2.24) is 4.90 Å². The maximum atomic E-state index is 12.5. The van der Waals surface area contributed by atoms with Crippen LogP contribution in [0.25, 0.3) is 0 Å². The predicted molar refractivity (Wildman–Crippen MR) is 76.6 cm³/mol. The number of hydrogen-bond donors (Lipinski definition) is 0. The molecule has 0 aromatic carbocycles. The van der Waals surface area contributed by atoms with Crippen LogP contribution in [-0.4, -0.2) is 36.0 Å². The first-order valence-corrected chi connectivity index (χ1v) is 7.22. The van der Waals surface area contributed by atoms with Crippen molar-refractivity contribution in [2.75, 3.05) is 13.2 Å². The van der Waals surface area contributed by atoms with Crippen LogP contribution in [0.2, 0.25) is 0 Å². The fraction of sp³-hybridized carbons (Fsp3) is 0.571. The van der Waals surface area contributed by atoms with E-state index in [4.69, 9.17) is 4.74 Å². The average Bonchev–Trinajstić information content (AvgIpc) is 2.64. The quantitative estimate of drug-likeness (QED) is 0.781. The molecule has 19 heavy (non-hydrogen) atoms. The molecule has 0 saturated heterocycles. The molecule has 1 heterocycles. The second-order valence-corrected chi connectivity index (χ2v) is 6.12. The van der Waals surface area contributed by atoms with E-state index in [1.54, 1.807) is 23.2 Å².